The van der Waals surface area contributed by atoms with Gasteiger partial charge in [0, 0.05) is 19.1 Å². The lowest BCUT2D eigenvalue weighted by atomic mass is 9.86. The summed E-state index contributed by atoms with van der Waals surface area (Å²) < 4.78 is 0. The molecule has 0 spiro atoms. The third kappa shape index (κ3) is 4.88. The summed E-state index contributed by atoms with van der Waals surface area (Å²) in [5, 5.41) is 3.40. The molecule has 0 fully saturated rings. The summed E-state index contributed by atoms with van der Waals surface area (Å²) in [6, 6.07) is 9.44. The molecule has 0 aliphatic heterocycles. The number of benzene rings is 1. The van der Waals surface area contributed by atoms with Gasteiger partial charge in [0.1, 0.15) is 0 Å². The number of hydrogen-bond acceptors (Lipinski definition) is 2. The molecule has 0 saturated heterocycles. The molecule has 1 aromatic carbocycles. The zero-order chi connectivity index (χ0) is 12.9. The van der Waals surface area contributed by atoms with Crippen LogP contribution in [0.3, 0.4) is 0 Å². The van der Waals surface area contributed by atoms with Gasteiger partial charge in [-0.15, -0.1) is 0 Å². The predicted octanol–water partition coefficient (Wildman–Crippen LogP) is 2.46. The standard InChI is InChI=1S/C15H26N2/c1-12(17-10-9-16)11-13-5-7-14(8-6-13)15(2,3)4/h5-8,12,17H,9-11,16H2,1-4H3. The van der Waals surface area contributed by atoms with Crippen LogP contribution in [0.15, 0.2) is 24.3 Å². The summed E-state index contributed by atoms with van der Waals surface area (Å²) in [6.07, 6.45) is 1.06. The summed E-state index contributed by atoms with van der Waals surface area (Å²) in [5.74, 6) is 0. The van der Waals surface area contributed by atoms with E-state index in [1.54, 1.807) is 0 Å². The molecule has 0 radical (unpaired) electrons. The Hall–Kier alpha value is -0.860. The van der Waals surface area contributed by atoms with Crippen LogP contribution >= 0.6 is 0 Å². The first kappa shape index (κ1) is 14.2. The second kappa shape index (κ2) is 6.18. The highest BCUT2D eigenvalue weighted by Crippen LogP contribution is 2.22. The van der Waals surface area contributed by atoms with Gasteiger partial charge in [-0.3, -0.25) is 0 Å². The molecule has 3 N–H and O–H groups in total. The second-order valence-corrected chi connectivity index (χ2v) is 5.79. The molecule has 0 amide bonds. The van der Waals surface area contributed by atoms with Gasteiger partial charge >= 0.3 is 0 Å². The fourth-order valence-electron chi connectivity index (χ4n) is 1.90. The molecule has 0 aliphatic carbocycles. The van der Waals surface area contributed by atoms with Gasteiger partial charge in [-0.2, -0.15) is 0 Å². The lowest BCUT2D eigenvalue weighted by Crippen LogP contribution is -2.32. The molecule has 1 rings (SSSR count). The number of nitrogens with two attached hydrogens (primary N) is 1. The van der Waals surface area contributed by atoms with E-state index in [9.17, 15) is 0 Å². The summed E-state index contributed by atoms with van der Waals surface area (Å²) in [4.78, 5) is 0. The molecule has 0 aromatic heterocycles. The molecular weight excluding hydrogens is 208 g/mol. The van der Waals surface area contributed by atoms with Crippen molar-refractivity contribution in [2.24, 2.45) is 5.73 Å². The average Bonchev–Trinajstić information content (AvgIpc) is 2.26. The second-order valence-electron chi connectivity index (χ2n) is 5.79. The molecule has 2 nitrogen and oxygen atoms in total. The monoisotopic (exact) mass is 234 g/mol. The average molecular weight is 234 g/mol. The van der Waals surface area contributed by atoms with Gasteiger partial charge in [-0.1, -0.05) is 45.0 Å². The van der Waals surface area contributed by atoms with E-state index in [0.29, 0.717) is 12.6 Å². The summed E-state index contributed by atoms with van der Waals surface area (Å²) >= 11 is 0. The lowest BCUT2D eigenvalue weighted by molar-refractivity contribution is 0.552. The van der Waals surface area contributed by atoms with Gasteiger partial charge in [0.25, 0.3) is 0 Å². The van der Waals surface area contributed by atoms with Crippen molar-refractivity contribution in [1.82, 2.24) is 5.32 Å². The summed E-state index contributed by atoms with van der Waals surface area (Å²) in [7, 11) is 0. The molecule has 96 valence electrons. The van der Waals surface area contributed by atoms with E-state index >= 15 is 0 Å². The van der Waals surface area contributed by atoms with Gasteiger partial charge in [0.2, 0.25) is 0 Å². The van der Waals surface area contributed by atoms with Gasteiger partial charge in [-0.25, -0.2) is 0 Å². The van der Waals surface area contributed by atoms with Crippen LogP contribution in [0, 0.1) is 0 Å². The lowest BCUT2D eigenvalue weighted by Gasteiger charge is -2.20. The molecule has 1 unspecified atom stereocenters. The molecular formula is C15H26N2. The van der Waals surface area contributed by atoms with Crippen LogP contribution in [-0.4, -0.2) is 19.1 Å². The fraction of sp³-hybridized carbons (Fsp3) is 0.600. The Bertz CT molecular complexity index is 322. The Labute approximate surface area is 106 Å². The highest BCUT2D eigenvalue weighted by molar-refractivity contribution is 5.27. The van der Waals surface area contributed by atoms with Gasteiger partial charge in [0.05, 0.1) is 0 Å². The van der Waals surface area contributed by atoms with Gasteiger partial charge in [-0.05, 0) is 29.9 Å². The van der Waals surface area contributed by atoms with E-state index in [-0.39, 0.29) is 5.41 Å². The largest absolute Gasteiger partial charge is 0.329 e. The maximum absolute atomic E-state index is 5.48. The van der Waals surface area contributed by atoms with Crippen LogP contribution in [0.1, 0.15) is 38.8 Å². The van der Waals surface area contributed by atoms with Crippen LogP contribution in [0.4, 0.5) is 0 Å². The zero-order valence-electron chi connectivity index (χ0n) is 11.6. The first-order chi connectivity index (χ1) is 7.93. The van der Waals surface area contributed by atoms with E-state index < -0.39 is 0 Å². The Morgan fingerprint density at radius 1 is 1.18 bits per heavy atom. The molecule has 0 heterocycles. The minimum atomic E-state index is 0.238. The molecule has 1 aromatic rings. The van der Waals surface area contributed by atoms with Crippen molar-refractivity contribution in [2.45, 2.75) is 45.6 Å². The van der Waals surface area contributed by atoms with Crippen molar-refractivity contribution < 1.29 is 0 Å². The minimum absolute atomic E-state index is 0.238. The number of hydrogen-bond donors (Lipinski definition) is 2. The molecule has 0 bridgehead atoms. The number of rotatable bonds is 5. The van der Waals surface area contributed by atoms with Crippen LogP contribution in [-0.2, 0) is 11.8 Å². The highest BCUT2D eigenvalue weighted by Gasteiger charge is 2.13. The Balaban J connectivity index is 2.56. The van der Waals surface area contributed by atoms with Crippen molar-refractivity contribution in [3.63, 3.8) is 0 Å². The third-order valence-electron chi connectivity index (χ3n) is 3.00. The van der Waals surface area contributed by atoms with Crippen LogP contribution in [0.25, 0.3) is 0 Å². The number of nitrogens with one attached hydrogen (secondary N) is 1. The molecule has 0 aliphatic rings. The third-order valence-corrected chi connectivity index (χ3v) is 3.00. The highest BCUT2D eigenvalue weighted by atomic mass is 14.9. The van der Waals surface area contributed by atoms with Crippen molar-refractivity contribution in [1.29, 1.82) is 0 Å². The Morgan fingerprint density at radius 2 is 1.76 bits per heavy atom. The van der Waals surface area contributed by atoms with Crippen molar-refractivity contribution >= 4 is 0 Å². The molecule has 1 atom stereocenters. The summed E-state index contributed by atoms with van der Waals surface area (Å²) in [5.41, 5.74) is 8.49. The fourth-order valence-corrected chi connectivity index (χ4v) is 1.90. The normalized spacial score (nSPS) is 13.7. The molecule has 17 heavy (non-hydrogen) atoms. The van der Waals surface area contributed by atoms with E-state index in [1.165, 1.54) is 11.1 Å². The Morgan fingerprint density at radius 3 is 2.24 bits per heavy atom. The first-order valence-corrected chi connectivity index (χ1v) is 6.46. The maximum Gasteiger partial charge on any atom is 0.00796 e. The quantitative estimate of drug-likeness (QED) is 0.821. The molecule has 0 saturated carbocycles. The summed E-state index contributed by atoms with van der Waals surface area (Å²) in [6.45, 7) is 10.5. The van der Waals surface area contributed by atoms with Crippen LogP contribution in [0.5, 0.6) is 0 Å². The topological polar surface area (TPSA) is 38.0 Å². The van der Waals surface area contributed by atoms with Crippen molar-refractivity contribution in [2.75, 3.05) is 13.1 Å². The minimum Gasteiger partial charge on any atom is -0.329 e. The predicted molar refractivity (Wildman–Crippen MR) is 75.4 cm³/mol. The molecule has 2 heteroatoms. The first-order valence-electron chi connectivity index (χ1n) is 6.46. The van der Waals surface area contributed by atoms with Gasteiger partial charge in [0.15, 0.2) is 0 Å². The SMILES string of the molecule is CC(Cc1ccc(C(C)(C)C)cc1)NCCN. The van der Waals surface area contributed by atoms with Crippen LogP contribution in [0.2, 0.25) is 0 Å². The maximum atomic E-state index is 5.48. The Kier molecular flexibility index (Phi) is 5.16. The van der Waals surface area contributed by atoms with Gasteiger partial charge < -0.3 is 11.1 Å². The van der Waals surface area contributed by atoms with Crippen molar-refractivity contribution in [3.8, 4) is 0 Å². The van der Waals surface area contributed by atoms with E-state index in [2.05, 4.69) is 57.3 Å². The van der Waals surface area contributed by atoms with E-state index in [0.717, 1.165) is 13.0 Å². The zero-order valence-corrected chi connectivity index (χ0v) is 11.6. The van der Waals surface area contributed by atoms with Crippen molar-refractivity contribution in [3.05, 3.63) is 35.4 Å². The van der Waals surface area contributed by atoms with Crippen LogP contribution < -0.4 is 11.1 Å². The smallest absolute Gasteiger partial charge is 0.00796 e. The van der Waals surface area contributed by atoms with E-state index in [4.69, 9.17) is 5.73 Å². The van der Waals surface area contributed by atoms with E-state index in [1.807, 2.05) is 0 Å².